The predicted octanol–water partition coefficient (Wildman–Crippen LogP) is 4.93. The van der Waals surface area contributed by atoms with E-state index in [4.69, 9.17) is 34.8 Å². The van der Waals surface area contributed by atoms with E-state index >= 15 is 0 Å². The summed E-state index contributed by atoms with van der Waals surface area (Å²) in [6, 6.07) is 14.1. The van der Waals surface area contributed by atoms with Gasteiger partial charge < -0.3 is 0 Å². The number of aromatic amines is 1. The molecule has 0 atom stereocenters. The van der Waals surface area contributed by atoms with Gasteiger partial charge in [0.05, 0.1) is 17.3 Å². The van der Waals surface area contributed by atoms with E-state index in [0.29, 0.717) is 32.9 Å². The third-order valence-corrected chi connectivity index (χ3v) is 4.85. The first-order valence-electron chi connectivity index (χ1n) is 8.44. The van der Waals surface area contributed by atoms with Gasteiger partial charge in [-0.25, -0.2) is 9.67 Å². The Hall–Kier alpha value is -2.87. The minimum Gasteiger partial charge on any atom is -0.288 e. The second-order valence-electron chi connectivity index (χ2n) is 6.14. The van der Waals surface area contributed by atoms with Crippen LogP contribution in [0.25, 0.3) is 11.3 Å². The number of hydrogen-bond acceptors (Lipinski definition) is 4. The molecule has 2 heterocycles. The van der Waals surface area contributed by atoms with Gasteiger partial charge in [-0.3, -0.25) is 15.2 Å². The molecule has 4 aromatic rings. The maximum absolute atomic E-state index is 12.5. The number of carbonyl (C=O) groups is 1. The lowest BCUT2D eigenvalue weighted by molar-refractivity contribution is 0.102. The quantitative estimate of drug-likeness (QED) is 0.454. The lowest BCUT2D eigenvalue weighted by Crippen LogP contribution is -2.14. The molecule has 29 heavy (non-hydrogen) atoms. The minimum atomic E-state index is -0.418. The molecule has 146 valence electrons. The molecule has 4 rings (SSSR count). The van der Waals surface area contributed by atoms with E-state index < -0.39 is 5.91 Å². The van der Waals surface area contributed by atoms with Gasteiger partial charge in [-0.05, 0) is 42.0 Å². The van der Waals surface area contributed by atoms with Crippen LogP contribution in [0.15, 0.2) is 54.9 Å². The van der Waals surface area contributed by atoms with Crippen LogP contribution in [-0.2, 0) is 6.54 Å². The molecule has 0 aliphatic rings. The van der Waals surface area contributed by atoms with Crippen molar-refractivity contribution in [3.05, 3.63) is 81.2 Å². The van der Waals surface area contributed by atoms with E-state index in [1.165, 1.54) is 6.33 Å². The Morgan fingerprint density at radius 3 is 2.55 bits per heavy atom. The van der Waals surface area contributed by atoms with Crippen LogP contribution in [0.3, 0.4) is 0 Å². The topological polar surface area (TPSA) is 88.5 Å². The van der Waals surface area contributed by atoms with Gasteiger partial charge in [0.2, 0.25) is 5.95 Å². The summed E-state index contributed by atoms with van der Waals surface area (Å²) in [5, 5.41) is 15.3. The summed E-state index contributed by atoms with van der Waals surface area (Å²) in [5.41, 5.74) is 2.45. The van der Waals surface area contributed by atoms with E-state index in [1.54, 1.807) is 41.1 Å². The molecule has 0 bridgehead atoms. The summed E-state index contributed by atoms with van der Waals surface area (Å²) >= 11 is 18.0. The van der Waals surface area contributed by atoms with Gasteiger partial charge in [0.25, 0.3) is 5.91 Å². The van der Waals surface area contributed by atoms with Gasteiger partial charge >= 0.3 is 0 Å². The molecule has 2 aromatic heterocycles. The second-order valence-corrected chi connectivity index (χ2v) is 7.42. The summed E-state index contributed by atoms with van der Waals surface area (Å²) in [4.78, 5) is 16.6. The van der Waals surface area contributed by atoms with Gasteiger partial charge in [-0.2, -0.15) is 5.10 Å². The van der Waals surface area contributed by atoms with Gasteiger partial charge in [0, 0.05) is 15.6 Å². The van der Waals surface area contributed by atoms with Crippen molar-refractivity contribution in [2.24, 2.45) is 0 Å². The Morgan fingerprint density at radius 1 is 1.03 bits per heavy atom. The molecule has 0 saturated carbocycles. The van der Waals surface area contributed by atoms with E-state index in [-0.39, 0.29) is 11.6 Å². The summed E-state index contributed by atoms with van der Waals surface area (Å²) in [5.74, 6) is -0.234. The molecule has 0 radical (unpaired) electrons. The standard InChI is InChI=1S/C19H13Cl3N6O/c20-12-3-1-11(2-4-12)9-28-10-23-19(27-28)24-18(29)17-8-16(25-26-17)14-6-5-13(21)7-15(14)22/h1-8,10H,9H2,(H,25,26)(H,24,27,29). The van der Waals surface area contributed by atoms with Crippen molar-refractivity contribution in [3.8, 4) is 11.3 Å². The van der Waals surface area contributed by atoms with Crippen LogP contribution in [0.1, 0.15) is 16.1 Å². The van der Waals surface area contributed by atoms with Crippen LogP contribution < -0.4 is 5.32 Å². The number of rotatable bonds is 5. The number of aromatic nitrogens is 5. The summed E-state index contributed by atoms with van der Waals surface area (Å²) < 4.78 is 1.62. The number of anilines is 1. The third-order valence-electron chi connectivity index (χ3n) is 4.05. The second kappa shape index (κ2) is 8.24. The van der Waals surface area contributed by atoms with Crippen LogP contribution in [0.4, 0.5) is 5.95 Å². The van der Waals surface area contributed by atoms with Gasteiger partial charge in [0.15, 0.2) is 0 Å². The van der Waals surface area contributed by atoms with Crippen LogP contribution in [-0.4, -0.2) is 30.9 Å². The lowest BCUT2D eigenvalue weighted by Gasteiger charge is -2.01. The SMILES string of the molecule is O=C(Nc1ncn(Cc2ccc(Cl)cc2)n1)c1cc(-c2ccc(Cl)cc2Cl)n[nH]1. The van der Waals surface area contributed by atoms with Crippen molar-refractivity contribution in [1.82, 2.24) is 25.0 Å². The molecule has 2 aromatic carbocycles. The third kappa shape index (κ3) is 4.59. The van der Waals surface area contributed by atoms with Crippen molar-refractivity contribution in [3.63, 3.8) is 0 Å². The van der Waals surface area contributed by atoms with Crippen LogP contribution in [0, 0.1) is 0 Å². The van der Waals surface area contributed by atoms with Crippen LogP contribution in [0.2, 0.25) is 15.1 Å². The highest BCUT2D eigenvalue weighted by atomic mass is 35.5. The monoisotopic (exact) mass is 446 g/mol. The van der Waals surface area contributed by atoms with Gasteiger partial charge in [-0.15, -0.1) is 5.10 Å². The first-order valence-corrected chi connectivity index (χ1v) is 9.57. The van der Waals surface area contributed by atoms with Crippen molar-refractivity contribution in [2.75, 3.05) is 5.32 Å². The predicted molar refractivity (Wildman–Crippen MR) is 113 cm³/mol. The average Bonchev–Trinajstić information content (AvgIpc) is 3.33. The minimum absolute atomic E-state index is 0.185. The molecule has 0 fully saturated rings. The maximum Gasteiger partial charge on any atom is 0.276 e. The molecular formula is C19H13Cl3N6O. The van der Waals surface area contributed by atoms with E-state index in [0.717, 1.165) is 5.56 Å². The Balaban J connectivity index is 1.44. The highest BCUT2D eigenvalue weighted by Crippen LogP contribution is 2.29. The molecule has 0 aliphatic carbocycles. The summed E-state index contributed by atoms with van der Waals surface area (Å²) in [6.45, 7) is 0.503. The Kier molecular flexibility index (Phi) is 5.53. The molecule has 1 amide bonds. The number of nitrogens with zero attached hydrogens (tertiary/aromatic N) is 4. The van der Waals surface area contributed by atoms with E-state index in [1.807, 2.05) is 12.1 Å². The van der Waals surface area contributed by atoms with Crippen LogP contribution in [0.5, 0.6) is 0 Å². The van der Waals surface area contributed by atoms with E-state index in [2.05, 4.69) is 25.6 Å². The first kappa shape index (κ1) is 19.4. The average molecular weight is 448 g/mol. The number of carbonyl (C=O) groups excluding carboxylic acids is 1. The smallest absolute Gasteiger partial charge is 0.276 e. The Morgan fingerprint density at radius 2 is 1.79 bits per heavy atom. The van der Waals surface area contributed by atoms with Crippen molar-refractivity contribution < 1.29 is 4.79 Å². The normalized spacial score (nSPS) is 10.9. The molecular weight excluding hydrogens is 435 g/mol. The lowest BCUT2D eigenvalue weighted by atomic mass is 10.1. The molecule has 10 heteroatoms. The highest BCUT2D eigenvalue weighted by Gasteiger charge is 2.15. The van der Waals surface area contributed by atoms with Crippen molar-refractivity contribution in [2.45, 2.75) is 6.54 Å². The molecule has 2 N–H and O–H groups in total. The molecule has 0 unspecified atom stereocenters. The maximum atomic E-state index is 12.5. The molecule has 7 nitrogen and oxygen atoms in total. The number of hydrogen-bond donors (Lipinski definition) is 2. The Bertz CT molecular complexity index is 1170. The number of halogens is 3. The number of benzene rings is 2. The fourth-order valence-corrected chi connectivity index (χ4v) is 3.28. The molecule has 0 saturated heterocycles. The Labute approximate surface area is 180 Å². The molecule has 0 spiro atoms. The largest absolute Gasteiger partial charge is 0.288 e. The first-order chi connectivity index (χ1) is 14.0. The fraction of sp³-hybridized carbons (Fsp3) is 0.0526. The zero-order valence-corrected chi connectivity index (χ0v) is 17.0. The fourth-order valence-electron chi connectivity index (χ4n) is 2.65. The zero-order chi connectivity index (χ0) is 20.4. The van der Waals surface area contributed by atoms with E-state index in [9.17, 15) is 4.79 Å². The molecule has 0 aliphatic heterocycles. The van der Waals surface area contributed by atoms with Gasteiger partial charge in [0.1, 0.15) is 12.0 Å². The summed E-state index contributed by atoms with van der Waals surface area (Å²) in [7, 11) is 0. The van der Waals surface area contributed by atoms with Crippen molar-refractivity contribution in [1.29, 1.82) is 0 Å². The highest BCUT2D eigenvalue weighted by molar-refractivity contribution is 6.36. The van der Waals surface area contributed by atoms with Crippen LogP contribution >= 0.6 is 34.8 Å². The number of amides is 1. The summed E-state index contributed by atoms with van der Waals surface area (Å²) in [6.07, 6.45) is 1.54. The number of nitrogens with one attached hydrogen (secondary N) is 2. The van der Waals surface area contributed by atoms with Crippen molar-refractivity contribution >= 4 is 46.7 Å². The number of H-pyrrole nitrogens is 1. The zero-order valence-electron chi connectivity index (χ0n) is 14.7. The van der Waals surface area contributed by atoms with Gasteiger partial charge in [-0.1, -0.05) is 46.9 Å².